The molecule has 14 heavy (non-hydrogen) atoms. The minimum atomic E-state index is 0. The van der Waals surface area contributed by atoms with E-state index in [4.69, 9.17) is 0 Å². The van der Waals surface area contributed by atoms with E-state index in [1.54, 1.807) is 0 Å². The molecule has 1 rings (SSSR count). The Labute approximate surface area is 109 Å². The molecular weight excluding hydrogens is 275 g/mol. The van der Waals surface area contributed by atoms with Crippen molar-refractivity contribution in [2.24, 2.45) is 0 Å². The summed E-state index contributed by atoms with van der Waals surface area (Å²) < 4.78 is 0. The van der Waals surface area contributed by atoms with E-state index >= 15 is 0 Å². The van der Waals surface area contributed by atoms with E-state index < -0.39 is 0 Å². The van der Waals surface area contributed by atoms with E-state index in [0.717, 1.165) is 6.42 Å². The van der Waals surface area contributed by atoms with E-state index in [1.165, 1.54) is 11.8 Å². The second-order valence-electron chi connectivity index (χ2n) is 4.00. The van der Waals surface area contributed by atoms with Crippen LogP contribution in [-0.2, 0) is 0 Å². The molecule has 0 atom stereocenters. The molecule has 0 saturated heterocycles. The Hall–Kier alpha value is 0.279. The number of hydrogen-bond donors (Lipinski definition) is 0. The average molecular weight is 300 g/mol. The maximum absolute atomic E-state index is 2.99. The van der Waals surface area contributed by atoms with Crippen molar-refractivity contribution in [3.8, 4) is 0 Å². The predicted octanol–water partition coefficient (Wildman–Crippen LogP) is 4.41. The molecule has 0 nitrogen and oxygen atoms in total. The van der Waals surface area contributed by atoms with Crippen molar-refractivity contribution >= 4 is 23.9 Å². The summed E-state index contributed by atoms with van der Waals surface area (Å²) in [6.45, 7) is 12.5. The molecule has 0 aromatic carbocycles. The molecule has 0 spiro atoms. The van der Waals surface area contributed by atoms with Crippen LogP contribution in [0.25, 0.3) is 0 Å². The second kappa shape index (κ2) is 15.7. The van der Waals surface area contributed by atoms with E-state index in [1.807, 2.05) is 12.2 Å². The van der Waals surface area contributed by atoms with E-state index in [-0.39, 0.29) is 25.3 Å². The Balaban J connectivity index is -0.0000000575. The molecule has 0 heterocycles. The van der Waals surface area contributed by atoms with E-state index in [2.05, 4.69) is 53.7 Å². The van der Waals surface area contributed by atoms with Crippen LogP contribution in [0.15, 0.2) is 18.2 Å². The van der Waals surface area contributed by atoms with Gasteiger partial charge in [0.25, 0.3) is 0 Å². The van der Waals surface area contributed by atoms with E-state index in [0.29, 0.717) is 0 Å². The third kappa shape index (κ3) is 56.1. The molecule has 0 unspecified atom stereocenters. The molecule has 1 aliphatic carbocycles. The van der Waals surface area contributed by atoms with Gasteiger partial charge >= 0.3 is 0 Å². The molecule has 1 heteroatoms. The summed E-state index contributed by atoms with van der Waals surface area (Å²) in [6.07, 6.45) is 10.0. The van der Waals surface area contributed by atoms with Gasteiger partial charge in [0.2, 0.25) is 0 Å². The van der Waals surface area contributed by atoms with Crippen molar-refractivity contribution in [3.63, 3.8) is 0 Å². The van der Waals surface area contributed by atoms with Gasteiger partial charge in [0.05, 0.1) is 0 Å². The zero-order chi connectivity index (χ0) is 10.7. The first kappa shape index (κ1) is 19.8. The van der Waals surface area contributed by atoms with Crippen molar-refractivity contribution in [2.45, 2.75) is 48.0 Å². The van der Waals surface area contributed by atoms with Crippen LogP contribution in [0.4, 0.5) is 0 Å². The summed E-state index contributed by atoms with van der Waals surface area (Å²) in [5.74, 6) is 2.83. The van der Waals surface area contributed by atoms with Gasteiger partial charge in [0.15, 0.2) is 0 Å². The summed E-state index contributed by atoms with van der Waals surface area (Å²) in [7, 11) is 0. The van der Waals surface area contributed by atoms with Gasteiger partial charge in [-0.05, 0) is 24.3 Å². The van der Waals surface area contributed by atoms with Crippen molar-refractivity contribution in [1.29, 1.82) is 0 Å². The Bertz CT molecular complexity index is 116. The third-order valence-corrected chi connectivity index (χ3v) is 0.586. The summed E-state index contributed by atoms with van der Waals surface area (Å²) in [5.41, 5.74) is 0. The fourth-order valence-electron chi connectivity index (χ4n) is 0.340. The zero-order valence-corrected chi connectivity index (χ0v) is 13.3. The molecule has 0 amide bonds. The molecule has 0 fully saturated rings. The number of rotatable bonds is 0. The SMILES string of the molecule is C[C](C)C.C[C](C)C.[C]1=CC=CC1.[HH].[Sn]. The number of hydrogen-bond acceptors (Lipinski definition) is 0. The van der Waals surface area contributed by atoms with Crippen LogP contribution in [0.5, 0.6) is 0 Å². The first-order chi connectivity index (χ1) is 5.96. The first-order valence-corrected chi connectivity index (χ1v) is 4.72. The minimum absolute atomic E-state index is 0. The largest absolute Gasteiger partial charge is 0.0801 e. The molecule has 81 valence electrons. The molecule has 1 aliphatic rings. The molecule has 0 aromatic rings. The van der Waals surface area contributed by atoms with Gasteiger partial charge in [-0.15, -0.1) is 0 Å². The van der Waals surface area contributed by atoms with Gasteiger partial charge in [-0.3, -0.25) is 0 Å². The zero-order valence-electron chi connectivity index (χ0n) is 10.4. The fraction of sp³-hybridized carbons (Fsp3) is 0.538. The summed E-state index contributed by atoms with van der Waals surface area (Å²) in [6, 6.07) is 0. The minimum Gasteiger partial charge on any atom is -0.0801 e. The van der Waals surface area contributed by atoms with Crippen LogP contribution in [0.2, 0.25) is 0 Å². The maximum Gasteiger partial charge on any atom is 0 e. The van der Waals surface area contributed by atoms with Gasteiger partial charge in [0, 0.05) is 25.3 Å². The molecular formula is C13H25Sn. The van der Waals surface area contributed by atoms with Crippen LogP contribution in [0.3, 0.4) is 0 Å². The predicted molar refractivity (Wildman–Crippen MR) is 70.0 cm³/mol. The summed E-state index contributed by atoms with van der Waals surface area (Å²) >= 11 is 0. The van der Waals surface area contributed by atoms with Crippen LogP contribution >= 0.6 is 0 Å². The Morgan fingerprint density at radius 3 is 1.43 bits per heavy atom. The second-order valence-corrected chi connectivity index (χ2v) is 4.00. The topological polar surface area (TPSA) is 0 Å². The van der Waals surface area contributed by atoms with E-state index in [9.17, 15) is 0 Å². The monoisotopic (exact) mass is 301 g/mol. The standard InChI is InChI=1S/C5H5.2C4H9.Sn.H2/c1-2-4-5-3-1;2*1-4(2)3;;/h1-3H,4H2;2*1-3H3;;1H. The van der Waals surface area contributed by atoms with Gasteiger partial charge in [0.1, 0.15) is 0 Å². The van der Waals surface area contributed by atoms with Crippen LogP contribution < -0.4 is 0 Å². The maximum atomic E-state index is 2.99. The molecule has 0 aliphatic heterocycles. The summed E-state index contributed by atoms with van der Waals surface area (Å²) in [5, 5.41) is 0. The molecule has 0 bridgehead atoms. The Morgan fingerprint density at radius 1 is 1.00 bits per heavy atom. The average Bonchev–Trinajstić information content (AvgIpc) is 2.35. The first-order valence-electron chi connectivity index (χ1n) is 4.72. The molecule has 0 N–H and O–H groups in total. The normalized spacial score (nSPS) is 11.4. The third-order valence-electron chi connectivity index (χ3n) is 0.586. The molecule has 0 saturated carbocycles. The Kier molecular flexibility index (Phi) is 22.2. The van der Waals surface area contributed by atoms with Crippen molar-refractivity contribution in [1.82, 2.24) is 0 Å². The van der Waals surface area contributed by atoms with Gasteiger partial charge < -0.3 is 0 Å². The molecule has 0 aromatic heterocycles. The number of allylic oxidation sites excluding steroid dienone is 4. The quantitative estimate of drug-likeness (QED) is 0.581. The van der Waals surface area contributed by atoms with Crippen molar-refractivity contribution in [2.75, 3.05) is 0 Å². The van der Waals surface area contributed by atoms with Crippen molar-refractivity contribution < 1.29 is 1.43 Å². The van der Waals surface area contributed by atoms with Crippen LogP contribution in [-0.4, -0.2) is 23.9 Å². The van der Waals surface area contributed by atoms with Gasteiger partial charge in [-0.25, -0.2) is 0 Å². The smallest absolute Gasteiger partial charge is 0 e. The van der Waals surface area contributed by atoms with Crippen molar-refractivity contribution in [3.05, 3.63) is 36.1 Å². The van der Waals surface area contributed by atoms with Crippen LogP contribution in [0.1, 0.15) is 49.4 Å². The van der Waals surface area contributed by atoms with Gasteiger partial charge in [-0.2, -0.15) is 0 Å². The molecule has 7 radical (unpaired) electrons. The van der Waals surface area contributed by atoms with Crippen LogP contribution in [0, 0.1) is 17.9 Å². The Morgan fingerprint density at radius 2 is 1.36 bits per heavy atom. The fourth-order valence-corrected chi connectivity index (χ4v) is 0.340. The summed E-state index contributed by atoms with van der Waals surface area (Å²) in [4.78, 5) is 0. The van der Waals surface area contributed by atoms with Gasteiger partial charge in [-0.1, -0.05) is 59.8 Å².